The predicted molar refractivity (Wildman–Crippen MR) is 77.2 cm³/mol. The van der Waals surface area contributed by atoms with E-state index in [1.807, 2.05) is 44.2 Å². The van der Waals surface area contributed by atoms with Gasteiger partial charge in [-0.2, -0.15) is 0 Å². The molecule has 2 rings (SSSR count). The number of hydrogen-bond donors (Lipinski definition) is 1. The van der Waals surface area contributed by atoms with Crippen molar-refractivity contribution >= 4 is 11.3 Å². The Hall–Kier alpha value is -1.30. The average molecular weight is 277 g/mol. The summed E-state index contributed by atoms with van der Waals surface area (Å²) in [6.07, 6.45) is 0.739. The van der Waals surface area contributed by atoms with Crippen molar-refractivity contribution in [2.75, 3.05) is 7.11 Å². The van der Waals surface area contributed by atoms with Crippen LogP contribution in [0.3, 0.4) is 0 Å². The second kappa shape index (κ2) is 5.77. The number of ether oxygens (including phenoxy) is 1. The molecule has 0 bridgehead atoms. The topological polar surface area (TPSA) is 61.0 Å². The maximum Gasteiger partial charge on any atom is 0.138 e. The third kappa shape index (κ3) is 3.59. The van der Waals surface area contributed by atoms with Crippen LogP contribution in [0.1, 0.15) is 35.5 Å². The van der Waals surface area contributed by atoms with Crippen molar-refractivity contribution in [2.45, 2.75) is 31.9 Å². The van der Waals surface area contributed by atoms with E-state index in [0.29, 0.717) is 0 Å². The molecule has 0 amide bonds. The molecule has 1 aromatic heterocycles. The molecule has 1 aromatic carbocycles. The number of methoxy groups -OCH3 is 1. The van der Waals surface area contributed by atoms with Crippen LogP contribution >= 0.6 is 11.3 Å². The molecule has 2 N–H and O–H groups in total. The van der Waals surface area contributed by atoms with Crippen LogP contribution < -0.4 is 5.73 Å². The third-order valence-corrected chi connectivity index (χ3v) is 4.04. The second-order valence-electron chi connectivity index (χ2n) is 5.06. The standard InChI is InChI=1S/C14H19N3OS/c1-14(2,18-3)9-11-16-17-13(19-11)12(15)10-7-5-4-6-8-10/h4-8,12H,9,15H2,1-3H3. The Kier molecular flexibility index (Phi) is 4.29. The quantitative estimate of drug-likeness (QED) is 0.912. The van der Waals surface area contributed by atoms with Crippen LogP contribution in [0, 0.1) is 0 Å². The smallest absolute Gasteiger partial charge is 0.138 e. The Labute approximate surface area is 117 Å². The number of benzene rings is 1. The van der Waals surface area contributed by atoms with E-state index in [9.17, 15) is 0 Å². The highest BCUT2D eigenvalue weighted by Gasteiger charge is 2.21. The van der Waals surface area contributed by atoms with E-state index in [-0.39, 0.29) is 11.6 Å². The lowest BCUT2D eigenvalue weighted by Gasteiger charge is -2.20. The average Bonchev–Trinajstić information content (AvgIpc) is 2.86. The molecule has 0 spiro atoms. The van der Waals surface area contributed by atoms with Gasteiger partial charge < -0.3 is 10.5 Å². The summed E-state index contributed by atoms with van der Waals surface area (Å²) in [7, 11) is 1.71. The van der Waals surface area contributed by atoms with Gasteiger partial charge >= 0.3 is 0 Å². The zero-order chi connectivity index (χ0) is 13.9. The van der Waals surface area contributed by atoms with Gasteiger partial charge in [0.25, 0.3) is 0 Å². The van der Waals surface area contributed by atoms with Crippen molar-refractivity contribution < 1.29 is 4.74 Å². The molecule has 5 heteroatoms. The van der Waals surface area contributed by atoms with Crippen LogP contribution in [0.25, 0.3) is 0 Å². The Bertz CT molecular complexity index is 524. The van der Waals surface area contributed by atoms with E-state index in [4.69, 9.17) is 10.5 Å². The van der Waals surface area contributed by atoms with Crippen molar-refractivity contribution in [1.82, 2.24) is 10.2 Å². The molecule has 1 atom stereocenters. The number of nitrogens with two attached hydrogens (primary N) is 1. The minimum absolute atomic E-state index is 0.210. The van der Waals surface area contributed by atoms with E-state index in [1.54, 1.807) is 18.4 Å². The third-order valence-electron chi connectivity index (χ3n) is 3.04. The minimum Gasteiger partial charge on any atom is -0.378 e. The first-order valence-corrected chi connectivity index (χ1v) is 7.01. The molecule has 0 radical (unpaired) electrons. The Balaban J connectivity index is 2.13. The molecule has 0 aliphatic rings. The SMILES string of the molecule is COC(C)(C)Cc1nnc(C(N)c2ccccc2)s1. The highest BCUT2D eigenvalue weighted by Crippen LogP contribution is 2.25. The second-order valence-corrected chi connectivity index (χ2v) is 6.16. The van der Waals surface area contributed by atoms with Crippen molar-refractivity contribution in [1.29, 1.82) is 0 Å². The molecule has 2 aromatic rings. The van der Waals surface area contributed by atoms with Crippen LogP contribution in [0.5, 0.6) is 0 Å². The summed E-state index contributed by atoms with van der Waals surface area (Å²) in [6, 6.07) is 9.73. The van der Waals surface area contributed by atoms with Gasteiger partial charge in [-0.25, -0.2) is 0 Å². The lowest BCUT2D eigenvalue weighted by atomic mass is 10.1. The highest BCUT2D eigenvalue weighted by molar-refractivity contribution is 7.11. The van der Waals surface area contributed by atoms with Crippen LogP contribution in [0.4, 0.5) is 0 Å². The van der Waals surface area contributed by atoms with Crippen molar-refractivity contribution in [3.05, 3.63) is 45.9 Å². The van der Waals surface area contributed by atoms with Crippen LogP contribution in [0.2, 0.25) is 0 Å². The van der Waals surface area contributed by atoms with Gasteiger partial charge in [-0.1, -0.05) is 41.7 Å². The molecule has 0 saturated heterocycles. The van der Waals surface area contributed by atoms with E-state index < -0.39 is 0 Å². The first kappa shape index (κ1) is 14.1. The molecule has 0 fully saturated rings. The molecule has 1 heterocycles. The Morgan fingerprint density at radius 1 is 1.26 bits per heavy atom. The summed E-state index contributed by atoms with van der Waals surface area (Å²) in [5.74, 6) is 0. The van der Waals surface area contributed by atoms with Crippen LogP contribution in [-0.4, -0.2) is 22.9 Å². The zero-order valence-electron chi connectivity index (χ0n) is 11.5. The summed E-state index contributed by atoms with van der Waals surface area (Å²) >= 11 is 1.55. The summed E-state index contributed by atoms with van der Waals surface area (Å²) in [5.41, 5.74) is 7.03. The first-order valence-electron chi connectivity index (χ1n) is 6.20. The molecule has 0 aliphatic heterocycles. The molecule has 1 unspecified atom stereocenters. The fourth-order valence-electron chi connectivity index (χ4n) is 1.70. The lowest BCUT2D eigenvalue weighted by molar-refractivity contribution is 0.0230. The molecular formula is C14H19N3OS. The minimum atomic E-state index is -0.229. The van der Waals surface area contributed by atoms with Gasteiger partial charge in [0, 0.05) is 13.5 Å². The Morgan fingerprint density at radius 2 is 1.95 bits per heavy atom. The summed E-state index contributed by atoms with van der Waals surface area (Å²) in [6.45, 7) is 4.07. The fourth-order valence-corrected chi connectivity index (χ4v) is 2.79. The van der Waals surface area contributed by atoms with Gasteiger partial charge in [-0.3, -0.25) is 0 Å². The van der Waals surface area contributed by atoms with Crippen molar-refractivity contribution in [3.63, 3.8) is 0 Å². The maximum absolute atomic E-state index is 6.20. The largest absolute Gasteiger partial charge is 0.378 e. The number of nitrogens with zero attached hydrogens (tertiary/aromatic N) is 2. The fraction of sp³-hybridized carbons (Fsp3) is 0.429. The van der Waals surface area contributed by atoms with Crippen LogP contribution in [-0.2, 0) is 11.2 Å². The van der Waals surface area contributed by atoms with Crippen molar-refractivity contribution in [3.8, 4) is 0 Å². The highest BCUT2D eigenvalue weighted by atomic mass is 32.1. The Morgan fingerprint density at radius 3 is 2.58 bits per heavy atom. The van der Waals surface area contributed by atoms with Gasteiger partial charge in [-0.15, -0.1) is 10.2 Å². The van der Waals surface area contributed by atoms with Gasteiger partial charge in [0.15, 0.2) is 0 Å². The van der Waals surface area contributed by atoms with Gasteiger partial charge in [0.05, 0.1) is 11.6 Å². The maximum atomic E-state index is 6.20. The van der Waals surface area contributed by atoms with Crippen molar-refractivity contribution in [2.24, 2.45) is 5.73 Å². The summed E-state index contributed by atoms with van der Waals surface area (Å²) < 4.78 is 5.40. The zero-order valence-corrected chi connectivity index (χ0v) is 12.3. The molecule has 4 nitrogen and oxygen atoms in total. The summed E-state index contributed by atoms with van der Waals surface area (Å²) in [4.78, 5) is 0. The van der Waals surface area contributed by atoms with E-state index >= 15 is 0 Å². The number of aromatic nitrogens is 2. The molecule has 102 valence electrons. The number of rotatable bonds is 5. The molecule has 19 heavy (non-hydrogen) atoms. The number of hydrogen-bond acceptors (Lipinski definition) is 5. The van der Waals surface area contributed by atoms with Gasteiger partial charge in [-0.05, 0) is 19.4 Å². The summed E-state index contributed by atoms with van der Waals surface area (Å²) in [5, 5.41) is 10.2. The predicted octanol–water partition coefficient (Wildman–Crippen LogP) is 2.55. The van der Waals surface area contributed by atoms with E-state index in [2.05, 4.69) is 10.2 Å². The first-order chi connectivity index (χ1) is 9.02. The molecule has 0 saturated carbocycles. The van der Waals surface area contributed by atoms with E-state index in [1.165, 1.54) is 0 Å². The van der Waals surface area contributed by atoms with Crippen LogP contribution in [0.15, 0.2) is 30.3 Å². The normalized spacial score (nSPS) is 13.5. The monoisotopic (exact) mass is 277 g/mol. The van der Waals surface area contributed by atoms with E-state index in [0.717, 1.165) is 22.0 Å². The van der Waals surface area contributed by atoms with Gasteiger partial charge in [0.2, 0.25) is 0 Å². The molecular weight excluding hydrogens is 258 g/mol. The van der Waals surface area contributed by atoms with Gasteiger partial charge in [0.1, 0.15) is 10.0 Å². The molecule has 0 aliphatic carbocycles. The lowest BCUT2D eigenvalue weighted by Crippen LogP contribution is -2.25.